The molecular weight excluding hydrogens is 374 g/mol. The van der Waals surface area contributed by atoms with Crippen molar-refractivity contribution in [1.29, 1.82) is 0 Å². The molecular formula is C20H25N5O4. The van der Waals surface area contributed by atoms with E-state index in [0.29, 0.717) is 0 Å². The number of hydrogen-bond donors (Lipinski definition) is 4. The van der Waals surface area contributed by atoms with Crippen molar-refractivity contribution in [2.24, 2.45) is 0 Å². The maximum atomic E-state index is 12.5. The number of carbonyl (C=O) groups excluding carboxylic acids is 3. The number of esters is 1. The van der Waals surface area contributed by atoms with Gasteiger partial charge in [-0.2, -0.15) is 0 Å². The number of H-pyrrole nitrogens is 1. The molecule has 2 aromatic rings. The van der Waals surface area contributed by atoms with E-state index < -0.39 is 17.9 Å². The summed E-state index contributed by atoms with van der Waals surface area (Å²) in [6, 6.07) is 8.42. The van der Waals surface area contributed by atoms with Crippen LogP contribution in [0.4, 0.5) is 0 Å². The summed E-state index contributed by atoms with van der Waals surface area (Å²) in [4.78, 5) is 43.8. The number of piperidine rings is 1. The normalized spacial score (nSPS) is 15.3. The van der Waals surface area contributed by atoms with Crippen molar-refractivity contribution in [2.45, 2.75) is 38.5 Å². The molecule has 29 heavy (non-hydrogen) atoms. The highest BCUT2D eigenvalue weighted by atomic mass is 16.5. The first-order valence-corrected chi connectivity index (χ1v) is 9.61. The van der Waals surface area contributed by atoms with E-state index >= 15 is 0 Å². The number of aromatic amines is 1. The summed E-state index contributed by atoms with van der Waals surface area (Å²) >= 11 is 0. The highest BCUT2D eigenvalue weighted by Crippen LogP contribution is 2.08. The maximum absolute atomic E-state index is 12.5. The molecule has 2 heterocycles. The Morgan fingerprint density at radius 2 is 1.90 bits per heavy atom. The Morgan fingerprint density at radius 3 is 2.62 bits per heavy atom. The summed E-state index contributed by atoms with van der Waals surface area (Å²) in [5.74, 6) is -1.58. The van der Waals surface area contributed by atoms with Crippen LogP contribution in [-0.2, 0) is 16.1 Å². The van der Waals surface area contributed by atoms with Crippen molar-refractivity contribution < 1.29 is 19.1 Å². The summed E-state index contributed by atoms with van der Waals surface area (Å²) < 4.78 is 5.22. The Kier molecular flexibility index (Phi) is 6.96. The van der Waals surface area contributed by atoms with Gasteiger partial charge in [0.1, 0.15) is 18.3 Å². The molecule has 1 aromatic heterocycles. The highest BCUT2D eigenvalue weighted by molar-refractivity contribution is 6.05. The first-order valence-electron chi connectivity index (χ1n) is 9.61. The lowest BCUT2D eigenvalue weighted by Crippen LogP contribution is -2.44. The van der Waals surface area contributed by atoms with E-state index in [-0.39, 0.29) is 29.9 Å². The summed E-state index contributed by atoms with van der Waals surface area (Å²) in [6.45, 7) is 3.31. The molecule has 1 aliphatic heterocycles. The average Bonchev–Trinajstić information content (AvgIpc) is 3.24. The molecule has 0 unspecified atom stereocenters. The van der Waals surface area contributed by atoms with Crippen LogP contribution >= 0.6 is 0 Å². The molecule has 1 saturated heterocycles. The molecule has 1 fully saturated rings. The number of ether oxygens (including phenoxy) is 1. The Labute approximate surface area is 168 Å². The number of carbonyl (C=O) groups is 3. The summed E-state index contributed by atoms with van der Waals surface area (Å²) in [5.41, 5.74) is 0.869. The molecule has 0 bridgehead atoms. The van der Waals surface area contributed by atoms with Crippen LogP contribution in [-0.4, -0.2) is 52.9 Å². The topological polar surface area (TPSA) is 125 Å². The summed E-state index contributed by atoms with van der Waals surface area (Å²) in [6.07, 6.45) is 2.93. The van der Waals surface area contributed by atoms with Crippen molar-refractivity contribution in [1.82, 2.24) is 25.9 Å². The van der Waals surface area contributed by atoms with Crippen molar-refractivity contribution in [3.05, 3.63) is 53.6 Å². The van der Waals surface area contributed by atoms with E-state index in [1.165, 1.54) is 13.3 Å². The highest BCUT2D eigenvalue weighted by Gasteiger charge is 2.26. The van der Waals surface area contributed by atoms with Gasteiger partial charge in [-0.25, -0.2) is 9.78 Å². The van der Waals surface area contributed by atoms with Crippen LogP contribution < -0.4 is 16.0 Å². The van der Waals surface area contributed by atoms with Gasteiger partial charge in [0, 0.05) is 6.04 Å². The molecule has 0 radical (unpaired) electrons. The van der Waals surface area contributed by atoms with E-state index in [0.717, 1.165) is 31.5 Å². The Balaban J connectivity index is 1.54. The molecule has 1 aromatic carbocycles. The van der Waals surface area contributed by atoms with Gasteiger partial charge in [0.15, 0.2) is 5.69 Å². The van der Waals surface area contributed by atoms with E-state index in [1.807, 2.05) is 30.3 Å². The van der Waals surface area contributed by atoms with Crippen LogP contribution in [0.15, 0.2) is 36.7 Å². The number of nitrogens with one attached hydrogen (secondary N) is 4. The van der Waals surface area contributed by atoms with Gasteiger partial charge in [0.2, 0.25) is 0 Å². The van der Waals surface area contributed by atoms with Gasteiger partial charge >= 0.3 is 5.97 Å². The third kappa shape index (κ3) is 5.64. The number of imidazole rings is 1. The second-order valence-electron chi connectivity index (χ2n) is 6.91. The van der Waals surface area contributed by atoms with E-state index in [9.17, 15) is 14.4 Å². The molecule has 154 valence electrons. The van der Waals surface area contributed by atoms with Gasteiger partial charge in [-0.3, -0.25) is 9.59 Å². The van der Waals surface area contributed by atoms with Crippen molar-refractivity contribution in [3.63, 3.8) is 0 Å². The lowest BCUT2D eigenvalue weighted by atomic mass is 10.1. The fourth-order valence-corrected chi connectivity index (χ4v) is 3.04. The van der Waals surface area contributed by atoms with E-state index in [2.05, 4.69) is 25.9 Å². The Bertz CT molecular complexity index is 846. The monoisotopic (exact) mass is 399 g/mol. The van der Waals surface area contributed by atoms with Crippen LogP contribution in [0, 0.1) is 0 Å². The van der Waals surface area contributed by atoms with E-state index in [4.69, 9.17) is 4.74 Å². The van der Waals surface area contributed by atoms with Gasteiger partial charge in [-0.15, -0.1) is 0 Å². The molecule has 0 aliphatic carbocycles. The Morgan fingerprint density at radius 1 is 1.17 bits per heavy atom. The minimum absolute atomic E-state index is 0.0508. The fraction of sp³-hybridized carbons (Fsp3) is 0.400. The molecule has 4 N–H and O–H groups in total. The van der Waals surface area contributed by atoms with Crippen LogP contribution in [0.3, 0.4) is 0 Å². The molecule has 2 amide bonds. The first-order chi connectivity index (χ1) is 14.0. The van der Waals surface area contributed by atoms with Crippen LogP contribution in [0.5, 0.6) is 0 Å². The molecule has 1 aliphatic rings. The second kappa shape index (κ2) is 9.83. The van der Waals surface area contributed by atoms with Crippen LogP contribution in [0.25, 0.3) is 0 Å². The Hall–Kier alpha value is -3.20. The largest absolute Gasteiger partial charge is 0.459 e. The van der Waals surface area contributed by atoms with Crippen molar-refractivity contribution >= 4 is 17.8 Å². The number of amides is 2. The second-order valence-corrected chi connectivity index (χ2v) is 6.91. The number of benzene rings is 1. The SMILES string of the molecule is C[C@H](NC(=O)c1nc[nH]c1C(=O)NC1CCNCC1)C(=O)OCc1ccccc1. The molecule has 1 atom stereocenters. The number of rotatable bonds is 7. The zero-order valence-electron chi connectivity index (χ0n) is 16.2. The lowest BCUT2D eigenvalue weighted by Gasteiger charge is -2.23. The average molecular weight is 399 g/mol. The number of aromatic nitrogens is 2. The van der Waals surface area contributed by atoms with Gasteiger partial charge in [0.05, 0.1) is 6.33 Å². The molecule has 9 nitrogen and oxygen atoms in total. The van der Waals surface area contributed by atoms with Gasteiger partial charge in [-0.1, -0.05) is 30.3 Å². The van der Waals surface area contributed by atoms with Gasteiger partial charge in [-0.05, 0) is 38.4 Å². The predicted molar refractivity (Wildman–Crippen MR) is 105 cm³/mol. The smallest absolute Gasteiger partial charge is 0.328 e. The fourth-order valence-electron chi connectivity index (χ4n) is 3.04. The van der Waals surface area contributed by atoms with Crippen molar-refractivity contribution in [3.8, 4) is 0 Å². The van der Waals surface area contributed by atoms with Gasteiger partial charge in [0.25, 0.3) is 11.8 Å². The molecule has 0 saturated carbocycles. The first kappa shape index (κ1) is 20.5. The van der Waals surface area contributed by atoms with Crippen LogP contribution in [0.1, 0.15) is 46.3 Å². The summed E-state index contributed by atoms with van der Waals surface area (Å²) in [5, 5.41) is 8.67. The third-order valence-corrected chi connectivity index (χ3v) is 4.68. The zero-order valence-corrected chi connectivity index (χ0v) is 16.2. The van der Waals surface area contributed by atoms with Crippen molar-refractivity contribution in [2.75, 3.05) is 13.1 Å². The minimum Gasteiger partial charge on any atom is -0.459 e. The molecule has 3 rings (SSSR count). The van der Waals surface area contributed by atoms with Gasteiger partial charge < -0.3 is 25.7 Å². The molecule has 9 heteroatoms. The third-order valence-electron chi connectivity index (χ3n) is 4.68. The number of hydrogen-bond acceptors (Lipinski definition) is 6. The molecule has 0 spiro atoms. The van der Waals surface area contributed by atoms with Crippen LogP contribution in [0.2, 0.25) is 0 Å². The lowest BCUT2D eigenvalue weighted by molar-refractivity contribution is -0.146. The van der Waals surface area contributed by atoms with E-state index in [1.54, 1.807) is 0 Å². The zero-order chi connectivity index (χ0) is 20.6. The maximum Gasteiger partial charge on any atom is 0.328 e. The minimum atomic E-state index is -0.886. The summed E-state index contributed by atoms with van der Waals surface area (Å²) in [7, 11) is 0. The predicted octanol–water partition coefficient (Wildman–Crippen LogP) is 0.753. The quantitative estimate of drug-likeness (QED) is 0.509. The number of nitrogens with zero attached hydrogens (tertiary/aromatic N) is 1. The standard InChI is InChI=1S/C20H25N5O4/c1-13(20(28)29-11-14-5-3-2-4-6-14)24-18(26)16-17(23-12-22-16)19(27)25-15-7-9-21-10-8-15/h2-6,12-13,15,21H,7-11H2,1H3,(H,22,23)(H,24,26)(H,25,27)/t13-/m0/s1.